The smallest absolute Gasteiger partial charge is 0.190 e. The molecule has 0 aliphatic rings. The maximum absolute atomic E-state index is 5.77. The molecule has 0 fully saturated rings. The van der Waals surface area contributed by atoms with Gasteiger partial charge in [0.2, 0.25) is 0 Å². The average Bonchev–Trinajstić information content (AvgIpc) is 2.87. The van der Waals surface area contributed by atoms with Gasteiger partial charge in [0.05, 0.1) is 5.69 Å². The first kappa shape index (κ1) is 17.3. The number of aromatic nitrogens is 2. The lowest BCUT2D eigenvalue weighted by molar-refractivity contribution is 0.392. The van der Waals surface area contributed by atoms with Crippen LogP contribution in [0, 0.1) is 13.8 Å². The monoisotopic (exact) mass is 335 g/mol. The normalized spacial score (nSPS) is 11.6. The number of nitrogens with one attached hydrogen (secondary N) is 2. The number of nitrogens with zero attached hydrogens (tertiary/aromatic N) is 3. The van der Waals surface area contributed by atoms with Crippen molar-refractivity contribution in [2.45, 2.75) is 26.7 Å². The lowest BCUT2D eigenvalue weighted by Gasteiger charge is -2.11. The van der Waals surface area contributed by atoms with Gasteiger partial charge in [-0.1, -0.05) is 22.8 Å². The Hall–Kier alpha value is -2.08. The molecular formula is C16H22ClN5O. The van der Waals surface area contributed by atoms with Crippen LogP contribution >= 0.6 is 11.6 Å². The van der Waals surface area contributed by atoms with Crippen molar-refractivity contribution in [1.29, 1.82) is 0 Å². The predicted octanol–water partition coefficient (Wildman–Crippen LogP) is 2.29. The summed E-state index contributed by atoms with van der Waals surface area (Å²) < 4.78 is 5.16. The van der Waals surface area contributed by atoms with E-state index in [4.69, 9.17) is 16.1 Å². The zero-order valence-corrected chi connectivity index (χ0v) is 14.4. The van der Waals surface area contributed by atoms with E-state index in [9.17, 15) is 0 Å². The number of hydrogen-bond donors (Lipinski definition) is 2. The SMILES string of the molecule is CN=C(NCCc1ccc(Cl)nc1)NCCc1c(C)noc1C. The van der Waals surface area contributed by atoms with Gasteiger partial charge in [-0.2, -0.15) is 0 Å². The van der Waals surface area contributed by atoms with Crippen LogP contribution in [0.3, 0.4) is 0 Å². The second-order valence-corrected chi connectivity index (χ2v) is 5.60. The van der Waals surface area contributed by atoms with Gasteiger partial charge in [-0.15, -0.1) is 0 Å². The van der Waals surface area contributed by atoms with E-state index in [1.807, 2.05) is 19.9 Å². The fourth-order valence-corrected chi connectivity index (χ4v) is 2.38. The maximum atomic E-state index is 5.77. The summed E-state index contributed by atoms with van der Waals surface area (Å²) in [5, 5.41) is 11.0. The van der Waals surface area contributed by atoms with E-state index < -0.39 is 0 Å². The number of halogens is 1. The van der Waals surface area contributed by atoms with Crippen molar-refractivity contribution in [3.8, 4) is 0 Å². The van der Waals surface area contributed by atoms with E-state index in [-0.39, 0.29) is 0 Å². The summed E-state index contributed by atoms with van der Waals surface area (Å²) in [4.78, 5) is 8.28. The molecule has 2 aromatic rings. The number of rotatable bonds is 6. The molecule has 6 nitrogen and oxygen atoms in total. The maximum Gasteiger partial charge on any atom is 0.190 e. The summed E-state index contributed by atoms with van der Waals surface area (Å²) in [7, 11) is 1.76. The highest BCUT2D eigenvalue weighted by Crippen LogP contribution is 2.12. The molecule has 7 heteroatoms. The summed E-state index contributed by atoms with van der Waals surface area (Å²) in [6.45, 7) is 5.43. The number of aryl methyl sites for hydroxylation is 2. The van der Waals surface area contributed by atoms with Crippen LogP contribution in [0.25, 0.3) is 0 Å². The van der Waals surface area contributed by atoms with E-state index in [0.717, 1.165) is 54.5 Å². The molecule has 0 aliphatic heterocycles. The Balaban J connectivity index is 1.72. The van der Waals surface area contributed by atoms with Gasteiger partial charge in [-0.25, -0.2) is 4.98 Å². The van der Waals surface area contributed by atoms with Crippen LogP contribution in [-0.4, -0.2) is 36.2 Å². The molecule has 0 saturated heterocycles. The third kappa shape index (κ3) is 5.25. The molecule has 0 bridgehead atoms. The molecule has 0 radical (unpaired) electrons. The molecule has 0 saturated carbocycles. The van der Waals surface area contributed by atoms with Crippen LogP contribution < -0.4 is 10.6 Å². The van der Waals surface area contributed by atoms with Crippen LogP contribution in [0.2, 0.25) is 5.15 Å². The van der Waals surface area contributed by atoms with Crippen molar-refractivity contribution in [2.75, 3.05) is 20.1 Å². The van der Waals surface area contributed by atoms with Crippen molar-refractivity contribution in [1.82, 2.24) is 20.8 Å². The number of hydrogen-bond acceptors (Lipinski definition) is 4. The van der Waals surface area contributed by atoms with Gasteiger partial charge in [0.25, 0.3) is 0 Å². The van der Waals surface area contributed by atoms with Gasteiger partial charge in [0.15, 0.2) is 5.96 Å². The van der Waals surface area contributed by atoms with Crippen LogP contribution in [-0.2, 0) is 12.8 Å². The minimum atomic E-state index is 0.513. The number of aliphatic imine (C=N–C) groups is 1. The molecule has 2 N–H and O–H groups in total. The zero-order chi connectivity index (χ0) is 16.7. The largest absolute Gasteiger partial charge is 0.361 e. The molecule has 0 atom stereocenters. The number of guanidine groups is 1. The van der Waals surface area contributed by atoms with Crippen molar-refractivity contribution < 1.29 is 4.52 Å². The molecule has 0 spiro atoms. The minimum absolute atomic E-state index is 0.513. The molecule has 0 amide bonds. The third-order valence-corrected chi connectivity index (χ3v) is 3.79. The Morgan fingerprint density at radius 2 is 1.96 bits per heavy atom. The summed E-state index contributed by atoms with van der Waals surface area (Å²) in [5.41, 5.74) is 3.23. The van der Waals surface area contributed by atoms with Crippen molar-refractivity contribution in [3.05, 3.63) is 46.1 Å². The van der Waals surface area contributed by atoms with Gasteiger partial charge in [0.1, 0.15) is 10.9 Å². The topological polar surface area (TPSA) is 75.3 Å². The third-order valence-electron chi connectivity index (χ3n) is 3.57. The van der Waals surface area contributed by atoms with E-state index in [1.54, 1.807) is 19.3 Å². The molecule has 2 rings (SSSR count). The fraction of sp³-hybridized carbons (Fsp3) is 0.438. The first-order chi connectivity index (χ1) is 11.1. The summed E-state index contributed by atoms with van der Waals surface area (Å²) in [5.74, 6) is 1.65. The van der Waals surface area contributed by atoms with Crippen LogP contribution in [0.15, 0.2) is 27.8 Å². The van der Waals surface area contributed by atoms with Crippen LogP contribution in [0.1, 0.15) is 22.6 Å². The first-order valence-electron chi connectivity index (χ1n) is 7.57. The molecule has 2 heterocycles. The highest BCUT2D eigenvalue weighted by Gasteiger charge is 2.08. The Labute approximate surface area is 141 Å². The second-order valence-electron chi connectivity index (χ2n) is 5.22. The molecule has 23 heavy (non-hydrogen) atoms. The Morgan fingerprint density at radius 3 is 2.52 bits per heavy atom. The van der Waals surface area contributed by atoms with Gasteiger partial charge in [0, 0.05) is 31.9 Å². The highest BCUT2D eigenvalue weighted by atomic mass is 35.5. The lowest BCUT2D eigenvalue weighted by atomic mass is 10.1. The number of pyridine rings is 1. The van der Waals surface area contributed by atoms with Gasteiger partial charge in [-0.05, 0) is 38.3 Å². The average molecular weight is 336 g/mol. The van der Waals surface area contributed by atoms with Gasteiger partial charge < -0.3 is 15.2 Å². The van der Waals surface area contributed by atoms with Crippen molar-refractivity contribution in [3.63, 3.8) is 0 Å². The molecule has 0 aliphatic carbocycles. The van der Waals surface area contributed by atoms with E-state index in [0.29, 0.717) is 5.15 Å². The summed E-state index contributed by atoms with van der Waals surface area (Å²) in [6, 6.07) is 3.78. The van der Waals surface area contributed by atoms with E-state index >= 15 is 0 Å². The first-order valence-corrected chi connectivity index (χ1v) is 7.94. The summed E-state index contributed by atoms with van der Waals surface area (Å²) in [6.07, 6.45) is 3.50. The molecule has 0 aromatic carbocycles. The van der Waals surface area contributed by atoms with Crippen molar-refractivity contribution >= 4 is 17.6 Å². The predicted molar refractivity (Wildman–Crippen MR) is 92.0 cm³/mol. The standard InChI is InChI=1S/C16H22ClN5O/c1-11-14(12(2)23-22-11)7-9-20-16(18-3)19-8-6-13-4-5-15(17)21-10-13/h4-5,10H,6-9H2,1-3H3,(H2,18,19,20). The fourth-order valence-electron chi connectivity index (χ4n) is 2.26. The van der Waals surface area contributed by atoms with Gasteiger partial charge in [-0.3, -0.25) is 4.99 Å². The van der Waals surface area contributed by atoms with E-state index in [1.165, 1.54) is 0 Å². The minimum Gasteiger partial charge on any atom is -0.361 e. The Bertz CT molecular complexity index is 631. The zero-order valence-electron chi connectivity index (χ0n) is 13.7. The highest BCUT2D eigenvalue weighted by molar-refractivity contribution is 6.29. The molecule has 2 aromatic heterocycles. The Kier molecular flexibility index (Phi) is 6.40. The Morgan fingerprint density at radius 1 is 1.22 bits per heavy atom. The lowest BCUT2D eigenvalue weighted by Crippen LogP contribution is -2.39. The van der Waals surface area contributed by atoms with Crippen LogP contribution in [0.5, 0.6) is 0 Å². The van der Waals surface area contributed by atoms with Crippen molar-refractivity contribution in [2.24, 2.45) is 4.99 Å². The quantitative estimate of drug-likeness (QED) is 0.481. The molecule has 124 valence electrons. The van der Waals surface area contributed by atoms with Crippen LogP contribution in [0.4, 0.5) is 0 Å². The van der Waals surface area contributed by atoms with E-state index in [2.05, 4.69) is 25.8 Å². The second kappa shape index (κ2) is 8.53. The molecular weight excluding hydrogens is 314 g/mol. The summed E-state index contributed by atoms with van der Waals surface area (Å²) >= 11 is 5.77. The van der Waals surface area contributed by atoms with Gasteiger partial charge >= 0.3 is 0 Å². The molecule has 0 unspecified atom stereocenters.